The van der Waals surface area contributed by atoms with Gasteiger partial charge in [0.1, 0.15) is 5.75 Å². The van der Waals surface area contributed by atoms with Crippen LogP contribution in [0.2, 0.25) is 0 Å². The van der Waals surface area contributed by atoms with Crippen LogP contribution < -0.4 is 4.74 Å². The molecule has 0 heterocycles. The highest BCUT2D eigenvalue weighted by Crippen LogP contribution is 2.35. The van der Waals surface area contributed by atoms with Crippen LogP contribution in [0, 0.1) is 0 Å². The summed E-state index contributed by atoms with van der Waals surface area (Å²) >= 11 is 0. The third-order valence-electron chi connectivity index (χ3n) is 7.06. The van der Waals surface area contributed by atoms with Gasteiger partial charge in [0.25, 0.3) is 0 Å². The van der Waals surface area contributed by atoms with Crippen LogP contribution in [0.5, 0.6) is 5.75 Å². The Morgan fingerprint density at radius 3 is 1.90 bits per heavy atom. The normalized spacial score (nSPS) is 12.1. The van der Waals surface area contributed by atoms with E-state index in [4.69, 9.17) is 9.47 Å². The Balaban J connectivity index is 1.80. The lowest BCUT2D eigenvalue weighted by molar-refractivity contribution is -0.206. The molecule has 0 bridgehead atoms. The minimum atomic E-state index is -4.65. The van der Waals surface area contributed by atoms with Crippen molar-refractivity contribution < 1.29 is 37.3 Å². The highest BCUT2D eigenvalue weighted by molar-refractivity contribution is 5.94. The zero-order chi connectivity index (χ0) is 30.5. The summed E-state index contributed by atoms with van der Waals surface area (Å²) in [7, 11) is 0. The second kappa shape index (κ2) is 16.0. The highest BCUT2D eigenvalue weighted by atomic mass is 19.4. The van der Waals surface area contributed by atoms with E-state index in [2.05, 4.69) is 6.92 Å². The number of carboxylic acid groups (broad SMARTS) is 1. The average Bonchev–Trinajstić information content (AvgIpc) is 2.98. The summed E-state index contributed by atoms with van der Waals surface area (Å²) in [5.74, 6) is -1.40. The number of benzene rings is 3. The molecule has 0 saturated carbocycles. The van der Waals surface area contributed by atoms with Crippen molar-refractivity contribution in [3.8, 4) is 28.0 Å². The number of hydrogen-bond donors (Lipinski definition) is 1. The molecule has 0 aromatic heterocycles. The fraction of sp³-hybridized carbons (Fsp3) is 0.412. The molecule has 1 unspecified atom stereocenters. The molecule has 0 aliphatic carbocycles. The summed E-state index contributed by atoms with van der Waals surface area (Å²) in [5, 5.41) is 9.58. The number of halogens is 3. The molecule has 0 saturated heterocycles. The fourth-order valence-electron chi connectivity index (χ4n) is 4.65. The van der Waals surface area contributed by atoms with Crippen LogP contribution in [-0.2, 0) is 4.74 Å². The van der Waals surface area contributed by atoms with Gasteiger partial charge < -0.3 is 14.6 Å². The Kier molecular flexibility index (Phi) is 12.5. The summed E-state index contributed by atoms with van der Waals surface area (Å²) in [6.07, 6.45) is 0.00723. The van der Waals surface area contributed by atoms with E-state index in [9.17, 15) is 27.9 Å². The van der Waals surface area contributed by atoms with Crippen LogP contribution in [0.25, 0.3) is 22.3 Å². The molecule has 0 spiro atoms. The van der Waals surface area contributed by atoms with E-state index in [-0.39, 0.29) is 17.5 Å². The maximum atomic E-state index is 13.5. The molecule has 3 aromatic rings. The maximum absolute atomic E-state index is 13.5. The van der Waals surface area contributed by atoms with Crippen LogP contribution in [0.1, 0.15) is 92.4 Å². The Morgan fingerprint density at radius 1 is 0.738 bits per heavy atom. The molecule has 1 atom stereocenters. The van der Waals surface area contributed by atoms with Crippen molar-refractivity contribution in [2.24, 2.45) is 0 Å². The molecular formula is C34H39F3O5. The Bertz CT molecular complexity index is 1280. The third-order valence-corrected chi connectivity index (χ3v) is 7.06. The predicted molar refractivity (Wildman–Crippen MR) is 158 cm³/mol. The molecule has 3 aromatic carbocycles. The molecule has 0 fully saturated rings. The molecule has 3 rings (SSSR count). The SMILES string of the molecule is CCCCCCOc1ccc(-c2ccc(C(=O)O)cc2-c2ccc(C(=O)OC(CCCCCC)C(F)(F)F)cc2)cc1. The summed E-state index contributed by atoms with van der Waals surface area (Å²) in [6.45, 7) is 4.76. The van der Waals surface area contributed by atoms with Crippen molar-refractivity contribution in [1.82, 2.24) is 0 Å². The van der Waals surface area contributed by atoms with E-state index in [0.717, 1.165) is 49.0 Å². The van der Waals surface area contributed by atoms with Gasteiger partial charge in [-0.3, -0.25) is 0 Å². The van der Waals surface area contributed by atoms with Crippen molar-refractivity contribution >= 4 is 11.9 Å². The highest BCUT2D eigenvalue weighted by Gasteiger charge is 2.42. The van der Waals surface area contributed by atoms with Gasteiger partial charge in [-0.2, -0.15) is 13.2 Å². The van der Waals surface area contributed by atoms with Gasteiger partial charge in [0.2, 0.25) is 0 Å². The van der Waals surface area contributed by atoms with Gasteiger partial charge in [0, 0.05) is 0 Å². The molecule has 0 radical (unpaired) electrons. The van der Waals surface area contributed by atoms with Crippen LogP contribution in [0.3, 0.4) is 0 Å². The number of aromatic carboxylic acids is 1. The van der Waals surface area contributed by atoms with Crippen molar-refractivity contribution in [2.75, 3.05) is 6.61 Å². The first-order chi connectivity index (χ1) is 20.1. The summed E-state index contributed by atoms with van der Waals surface area (Å²) < 4.78 is 51.2. The second-order valence-corrected chi connectivity index (χ2v) is 10.4. The molecule has 42 heavy (non-hydrogen) atoms. The van der Waals surface area contributed by atoms with Crippen LogP contribution in [-0.4, -0.2) is 35.9 Å². The summed E-state index contributed by atoms with van der Waals surface area (Å²) in [4.78, 5) is 24.3. The minimum Gasteiger partial charge on any atom is -0.494 e. The largest absolute Gasteiger partial charge is 0.494 e. The molecule has 8 heteroatoms. The van der Waals surface area contributed by atoms with E-state index >= 15 is 0 Å². The van der Waals surface area contributed by atoms with Crippen molar-refractivity contribution in [2.45, 2.75) is 83.9 Å². The number of carboxylic acids is 1. The van der Waals surface area contributed by atoms with Gasteiger partial charge in [0.15, 0.2) is 6.10 Å². The molecule has 0 aliphatic heterocycles. The van der Waals surface area contributed by atoms with E-state index in [1.54, 1.807) is 24.3 Å². The van der Waals surface area contributed by atoms with Gasteiger partial charge in [-0.05, 0) is 77.9 Å². The zero-order valence-electron chi connectivity index (χ0n) is 24.2. The number of ether oxygens (including phenoxy) is 2. The molecule has 0 amide bonds. The molecule has 1 N–H and O–H groups in total. The van der Waals surface area contributed by atoms with E-state index < -0.39 is 24.2 Å². The molecule has 5 nitrogen and oxygen atoms in total. The van der Waals surface area contributed by atoms with E-state index in [0.29, 0.717) is 30.6 Å². The number of esters is 1. The first-order valence-corrected chi connectivity index (χ1v) is 14.6. The third kappa shape index (κ3) is 9.64. The molecule has 0 aliphatic rings. The Labute approximate surface area is 245 Å². The summed E-state index contributed by atoms with van der Waals surface area (Å²) in [5.41, 5.74) is 2.87. The number of carbonyl (C=O) groups excluding carboxylic acids is 1. The van der Waals surface area contributed by atoms with Gasteiger partial charge in [-0.15, -0.1) is 0 Å². The summed E-state index contributed by atoms with van der Waals surface area (Å²) in [6, 6.07) is 18.2. The zero-order valence-corrected chi connectivity index (χ0v) is 24.2. The van der Waals surface area contributed by atoms with Gasteiger partial charge in [-0.25, -0.2) is 9.59 Å². The molecule has 226 valence electrons. The van der Waals surface area contributed by atoms with Crippen molar-refractivity contribution in [3.05, 3.63) is 77.9 Å². The first kappa shape index (κ1) is 32.7. The average molecular weight is 585 g/mol. The quantitative estimate of drug-likeness (QED) is 0.134. The number of alkyl halides is 3. The lowest BCUT2D eigenvalue weighted by atomic mass is 9.92. The smallest absolute Gasteiger partial charge is 0.425 e. The van der Waals surface area contributed by atoms with E-state index in [1.165, 1.54) is 24.6 Å². The van der Waals surface area contributed by atoms with Crippen LogP contribution in [0.15, 0.2) is 66.7 Å². The lowest BCUT2D eigenvalue weighted by Gasteiger charge is -2.21. The Morgan fingerprint density at radius 2 is 1.31 bits per heavy atom. The van der Waals surface area contributed by atoms with E-state index in [1.807, 2.05) is 31.2 Å². The monoisotopic (exact) mass is 584 g/mol. The second-order valence-electron chi connectivity index (χ2n) is 10.4. The van der Waals surface area contributed by atoms with Gasteiger partial charge >= 0.3 is 18.1 Å². The number of carbonyl (C=O) groups is 2. The van der Waals surface area contributed by atoms with Gasteiger partial charge in [0.05, 0.1) is 17.7 Å². The number of hydrogen-bond acceptors (Lipinski definition) is 4. The molecular weight excluding hydrogens is 545 g/mol. The van der Waals surface area contributed by atoms with Crippen LogP contribution >= 0.6 is 0 Å². The minimum absolute atomic E-state index is 0.0158. The van der Waals surface area contributed by atoms with Gasteiger partial charge in [-0.1, -0.05) is 82.7 Å². The maximum Gasteiger partial charge on any atom is 0.425 e. The number of rotatable bonds is 16. The predicted octanol–water partition coefficient (Wildman–Crippen LogP) is 9.74. The standard InChI is InChI=1S/C34H39F3O5/c1-3-5-7-9-11-31(34(35,36)37)42-33(40)26-14-12-25(13-15-26)30-23-27(32(38)39)18-21-29(30)24-16-19-28(20-17-24)41-22-10-8-6-4-2/h12-21,23,31H,3-11,22H2,1-2H3,(H,38,39). The van der Waals surface area contributed by atoms with Crippen LogP contribution in [0.4, 0.5) is 13.2 Å². The van der Waals surface area contributed by atoms with Crippen molar-refractivity contribution in [1.29, 1.82) is 0 Å². The topological polar surface area (TPSA) is 72.8 Å². The Hall–Kier alpha value is -3.81. The van der Waals surface area contributed by atoms with Crippen molar-refractivity contribution in [3.63, 3.8) is 0 Å². The first-order valence-electron chi connectivity index (χ1n) is 14.6. The fourth-order valence-corrected chi connectivity index (χ4v) is 4.65. The number of unbranched alkanes of at least 4 members (excludes halogenated alkanes) is 6. The lowest BCUT2D eigenvalue weighted by Crippen LogP contribution is -2.33.